The number of carboxylic acid groups (broad SMARTS) is 2. The van der Waals surface area contributed by atoms with Crippen LogP contribution in [0.1, 0.15) is 73.0 Å². The van der Waals surface area contributed by atoms with Crippen LogP contribution in [0.25, 0.3) is 0 Å². The van der Waals surface area contributed by atoms with Crippen molar-refractivity contribution in [2.75, 3.05) is 39.8 Å². The van der Waals surface area contributed by atoms with Crippen LogP contribution >= 0.6 is 0 Å². The number of amides is 4. The number of aliphatic hydroxyl groups excluding tert-OH is 4. The number of guanidine groups is 1. The fraction of sp³-hybridized carbons (Fsp3) is 0.767. The number of H-pyrrole nitrogens is 1. The van der Waals surface area contributed by atoms with Crippen LogP contribution in [0.3, 0.4) is 0 Å². The van der Waals surface area contributed by atoms with Crippen molar-refractivity contribution < 1.29 is 73.6 Å². The van der Waals surface area contributed by atoms with Gasteiger partial charge in [0.05, 0.1) is 12.1 Å². The average Bonchev–Trinajstić information content (AvgIpc) is 3.78. The number of unbranched alkanes of at least 4 members (excludes halogenated alkanes) is 2. The number of aromatic amines is 1. The number of methoxy groups -OCH3 is 1. The van der Waals surface area contributed by atoms with Gasteiger partial charge in [-0.15, -0.1) is 0 Å². The van der Waals surface area contributed by atoms with Gasteiger partial charge in [-0.3, -0.25) is 38.6 Å². The summed E-state index contributed by atoms with van der Waals surface area (Å²) in [6, 6.07) is -7.02. The van der Waals surface area contributed by atoms with Gasteiger partial charge in [0.15, 0.2) is 18.5 Å². The van der Waals surface area contributed by atoms with Gasteiger partial charge in [0.2, 0.25) is 11.8 Å². The number of aliphatic hydroxyl groups is 4. The molecule has 4 rings (SSSR count). The van der Waals surface area contributed by atoms with Crippen molar-refractivity contribution in [3.63, 3.8) is 0 Å². The van der Waals surface area contributed by atoms with E-state index in [1.54, 1.807) is 27.7 Å². The zero-order valence-corrected chi connectivity index (χ0v) is 40.7. The maximum atomic E-state index is 14.1. The molecule has 3 aliphatic heterocycles. The summed E-state index contributed by atoms with van der Waals surface area (Å²) in [6.07, 6.45) is -12.4. The van der Waals surface area contributed by atoms with Crippen LogP contribution in [-0.4, -0.2) is 206 Å². The number of carboxylic acids is 2. The van der Waals surface area contributed by atoms with Crippen molar-refractivity contribution in [3.8, 4) is 0 Å². The van der Waals surface area contributed by atoms with E-state index in [1.165, 1.54) is 12.0 Å². The number of nitrogens with zero attached hydrogens (tertiary/aromatic N) is 3. The van der Waals surface area contributed by atoms with Crippen LogP contribution in [-0.2, 0) is 38.1 Å². The Morgan fingerprint density at radius 3 is 2.20 bits per heavy atom. The second kappa shape index (κ2) is 26.9. The molecule has 0 saturated carbocycles. The van der Waals surface area contributed by atoms with Crippen molar-refractivity contribution >= 4 is 35.7 Å². The van der Waals surface area contributed by atoms with E-state index in [0.717, 1.165) is 23.3 Å². The molecular weight excluding hydrogens is 943 g/mol. The van der Waals surface area contributed by atoms with E-state index in [0.29, 0.717) is 12.8 Å². The molecular formula is C43H73N11O17. The minimum atomic E-state index is -1.91. The summed E-state index contributed by atoms with van der Waals surface area (Å²) in [5.41, 5.74) is 9.96. The highest BCUT2D eigenvalue weighted by Crippen LogP contribution is 2.36. The van der Waals surface area contributed by atoms with Crippen LogP contribution in [0.4, 0.5) is 4.79 Å². The zero-order valence-electron chi connectivity index (χ0n) is 40.7. The fourth-order valence-corrected chi connectivity index (χ4v) is 8.62. The summed E-state index contributed by atoms with van der Waals surface area (Å²) in [7, 11) is 1.25. The van der Waals surface area contributed by atoms with Gasteiger partial charge in [-0.1, -0.05) is 47.5 Å². The SMILES string of the molecule is CCCCCN(CCCNC(=O)C(NC(=O)C(NC(=O)NC(C(=O)O)C(C)C)C1CCN=C(N)N1)C(O)C(C)C)C(C(=O)O)C(O[C@H]1O[C@H](CN)[C@H](O)[C@H]1OC)[C@H]1O[C@@H](n2ccc(=O)[nH]c2=O)[C@H](O)[C@@H]1O. The van der Waals surface area contributed by atoms with Gasteiger partial charge in [0, 0.05) is 45.6 Å². The quantitative estimate of drug-likeness (QED) is 0.0367. The molecule has 1 aromatic rings. The summed E-state index contributed by atoms with van der Waals surface area (Å²) in [5.74, 6) is -5.74. The van der Waals surface area contributed by atoms with Crippen LogP contribution in [0.15, 0.2) is 26.8 Å². The number of urea groups is 1. The molecule has 28 nitrogen and oxygen atoms in total. The predicted molar refractivity (Wildman–Crippen MR) is 249 cm³/mol. The van der Waals surface area contributed by atoms with Crippen LogP contribution < -0.4 is 49.3 Å². The average molecular weight is 1020 g/mol. The Labute approximate surface area is 409 Å². The topological polar surface area (TPSA) is 426 Å². The molecule has 28 heteroatoms. The smallest absolute Gasteiger partial charge is 0.330 e. The van der Waals surface area contributed by atoms with E-state index < -0.39 is 144 Å². The van der Waals surface area contributed by atoms with Gasteiger partial charge in [0.1, 0.15) is 66.9 Å². The Balaban J connectivity index is 1.61. The summed E-state index contributed by atoms with van der Waals surface area (Å²) in [4.78, 5) is 98.8. The van der Waals surface area contributed by atoms with Crippen molar-refractivity contribution in [1.82, 2.24) is 41.0 Å². The highest BCUT2D eigenvalue weighted by molar-refractivity contribution is 5.94. The molecule has 16 N–H and O–H groups in total. The molecule has 2 fully saturated rings. The van der Waals surface area contributed by atoms with E-state index in [9.17, 15) is 64.2 Å². The maximum Gasteiger partial charge on any atom is 0.330 e. The highest BCUT2D eigenvalue weighted by Gasteiger charge is 2.55. The second-order valence-electron chi connectivity index (χ2n) is 18.4. The molecule has 0 aliphatic carbocycles. The molecule has 4 amide bonds. The summed E-state index contributed by atoms with van der Waals surface area (Å²) < 4.78 is 24.5. The van der Waals surface area contributed by atoms with Crippen molar-refractivity contribution in [1.29, 1.82) is 0 Å². The van der Waals surface area contributed by atoms with Gasteiger partial charge in [-0.05, 0) is 37.6 Å². The first kappa shape index (κ1) is 58.3. The Morgan fingerprint density at radius 1 is 0.930 bits per heavy atom. The van der Waals surface area contributed by atoms with E-state index in [1.807, 2.05) is 11.9 Å². The Hall–Kier alpha value is -5.30. The Morgan fingerprint density at radius 2 is 1.62 bits per heavy atom. The number of aliphatic imine (C=N–C) groups is 1. The van der Waals surface area contributed by atoms with Crippen molar-refractivity contribution in [2.45, 2.75) is 158 Å². The third-order valence-corrected chi connectivity index (χ3v) is 12.6. The summed E-state index contributed by atoms with van der Waals surface area (Å²) in [5, 5.41) is 78.5. The number of nitrogens with one attached hydrogen (secondary N) is 6. The van der Waals surface area contributed by atoms with E-state index in [4.69, 9.17) is 30.4 Å². The summed E-state index contributed by atoms with van der Waals surface area (Å²) in [6.45, 7) is 8.11. The number of rotatable bonds is 27. The number of carbonyl (C=O) groups excluding carboxylic acids is 3. The number of hydrogen-bond donors (Lipinski definition) is 14. The number of ether oxygens (including phenoxy) is 4. The number of aliphatic carboxylic acids is 2. The van der Waals surface area contributed by atoms with E-state index in [2.05, 4.69) is 31.6 Å². The summed E-state index contributed by atoms with van der Waals surface area (Å²) >= 11 is 0. The number of carbonyl (C=O) groups is 5. The van der Waals surface area contributed by atoms with Crippen molar-refractivity contribution in [3.05, 3.63) is 33.1 Å². The van der Waals surface area contributed by atoms with E-state index >= 15 is 0 Å². The third-order valence-electron chi connectivity index (χ3n) is 12.6. The first-order valence-electron chi connectivity index (χ1n) is 23.7. The lowest BCUT2D eigenvalue weighted by atomic mass is 9.96. The lowest BCUT2D eigenvalue weighted by Crippen LogP contribution is -2.66. The van der Waals surface area contributed by atoms with Gasteiger partial charge >= 0.3 is 23.7 Å². The monoisotopic (exact) mass is 1020 g/mol. The maximum absolute atomic E-state index is 14.1. The lowest BCUT2D eigenvalue weighted by Gasteiger charge is -2.39. The number of nitrogens with two attached hydrogens (primary N) is 2. The molecule has 7 unspecified atom stereocenters. The van der Waals surface area contributed by atoms with E-state index in [-0.39, 0.29) is 51.5 Å². The van der Waals surface area contributed by atoms with Crippen LogP contribution in [0.5, 0.6) is 0 Å². The first-order chi connectivity index (χ1) is 33.6. The zero-order chi connectivity index (χ0) is 52.9. The van der Waals surface area contributed by atoms with Crippen molar-refractivity contribution in [2.24, 2.45) is 28.3 Å². The largest absolute Gasteiger partial charge is 0.480 e. The molecule has 4 heterocycles. The van der Waals surface area contributed by atoms with Gasteiger partial charge in [0.25, 0.3) is 5.56 Å². The normalized spacial score (nSPS) is 27.0. The number of aromatic nitrogens is 2. The highest BCUT2D eigenvalue weighted by atomic mass is 16.7. The standard InChI is InChI=1S/C43H73N11O17/c1-7-8-9-15-53(27(39(64)65)32(71-40-34(68-6)29(57)22(18-44)69-40)33-30(58)31(59)37(70-33)54-17-12-23(55)49-43(54)67)16-10-13-46-35(60)26(28(56)20(4)5)50-36(61)25(21-11-14-47-41(45)48-21)52-42(66)51-24(19(2)3)38(62)63/h12,17,19-22,24-34,37,40,56-59H,7-11,13-16,18,44H2,1-6H3,(H,46,60)(H,50,61)(H,62,63)(H,64,65)(H3,45,47,48)(H,49,55,67)(H2,51,52,66)/t21?,22-,24?,25?,26?,27?,28?,29+,30+,31-,32?,33+,34-,37-,40-/m1/s1. The Kier molecular flexibility index (Phi) is 22.1. The molecule has 0 radical (unpaired) electrons. The molecule has 0 aromatic carbocycles. The molecule has 1 aromatic heterocycles. The predicted octanol–water partition coefficient (Wildman–Crippen LogP) is -4.99. The Bertz CT molecular complexity index is 2090. The fourth-order valence-electron chi connectivity index (χ4n) is 8.62. The van der Waals surface area contributed by atoms with Gasteiger partial charge < -0.3 is 87.6 Å². The number of hydrogen-bond acceptors (Lipinski definition) is 20. The molecule has 71 heavy (non-hydrogen) atoms. The molecule has 0 bridgehead atoms. The lowest BCUT2D eigenvalue weighted by molar-refractivity contribution is -0.238. The van der Waals surface area contributed by atoms with Gasteiger partial charge in [-0.25, -0.2) is 14.4 Å². The van der Waals surface area contributed by atoms with Crippen LogP contribution in [0.2, 0.25) is 0 Å². The van der Waals surface area contributed by atoms with Crippen LogP contribution in [0, 0.1) is 11.8 Å². The minimum absolute atomic E-state index is 0.0308. The molecule has 15 atom stereocenters. The first-order valence-corrected chi connectivity index (χ1v) is 23.7. The van der Waals surface area contributed by atoms with Gasteiger partial charge in [-0.2, -0.15) is 0 Å². The third kappa shape index (κ3) is 15.1. The second-order valence-corrected chi connectivity index (χ2v) is 18.4. The minimum Gasteiger partial charge on any atom is -0.480 e. The molecule has 402 valence electrons. The molecule has 0 spiro atoms. The molecule has 2 saturated heterocycles. The molecule has 3 aliphatic rings.